The lowest BCUT2D eigenvalue weighted by Crippen LogP contribution is -2.78. The summed E-state index contributed by atoms with van der Waals surface area (Å²) in [7, 11) is 3.62. The number of hydrogen-bond acceptors (Lipinski definition) is 5. The summed E-state index contributed by atoms with van der Waals surface area (Å²) in [6.07, 6.45) is 2.79. The van der Waals surface area contributed by atoms with Gasteiger partial charge in [0.15, 0.2) is 5.67 Å². The fourth-order valence-electron chi connectivity index (χ4n) is 9.27. The molecule has 2 aliphatic heterocycles. The number of aromatic nitrogens is 1. The van der Waals surface area contributed by atoms with E-state index in [1.54, 1.807) is 6.20 Å². The van der Waals surface area contributed by atoms with Gasteiger partial charge in [-0.2, -0.15) is 0 Å². The number of benzene rings is 1. The van der Waals surface area contributed by atoms with Crippen LogP contribution < -0.4 is 0 Å². The normalized spacial score (nSPS) is 47.6. The largest absolute Gasteiger partial charge is 0.389 e. The number of rotatable bonds is 2. The standard InChI is InChI=1S/C30H35ClF2N2O3/c1-26-9-10-27(32)16-29(33)24(37)23(36)21(35(2)3)15-28(29)11-12-30(27,38-28)22(26)7-6-20(26)18-5-4-17-8-13-34-25(31)19(17)14-18/h4-6,8,13-14,21-24,36-37H,7,9-12,15-16H2,1-3H3. The van der Waals surface area contributed by atoms with E-state index in [1.807, 2.05) is 31.1 Å². The number of ether oxygens (including phenoxy) is 1. The molecule has 0 amide bonds. The minimum absolute atomic E-state index is 0.148. The van der Waals surface area contributed by atoms with Crippen LogP contribution in [0.3, 0.4) is 0 Å². The topological polar surface area (TPSA) is 65.8 Å². The van der Waals surface area contributed by atoms with Crippen molar-refractivity contribution in [3.8, 4) is 0 Å². The van der Waals surface area contributed by atoms with Crippen molar-refractivity contribution in [2.45, 2.75) is 92.7 Å². The van der Waals surface area contributed by atoms with Crippen LogP contribution in [0.15, 0.2) is 36.5 Å². The van der Waals surface area contributed by atoms with E-state index in [0.717, 1.165) is 21.9 Å². The molecule has 38 heavy (non-hydrogen) atoms. The number of hydrogen-bond donors (Lipinski definition) is 2. The number of nitrogens with zero attached hydrogens (tertiary/aromatic N) is 2. The predicted octanol–water partition coefficient (Wildman–Crippen LogP) is 5.26. The Bertz CT molecular complexity index is 1370. The van der Waals surface area contributed by atoms with E-state index in [9.17, 15) is 10.2 Å². The minimum atomic E-state index is -2.33. The van der Waals surface area contributed by atoms with Gasteiger partial charge in [0.05, 0.1) is 6.10 Å². The Morgan fingerprint density at radius 3 is 2.66 bits per heavy atom. The number of aliphatic hydroxyl groups excluding tert-OH is 2. The maximum atomic E-state index is 17.3. The first-order valence-electron chi connectivity index (χ1n) is 13.8. The van der Waals surface area contributed by atoms with Gasteiger partial charge < -0.3 is 19.8 Å². The summed E-state index contributed by atoms with van der Waals surface area (Å²) in [5.41, 5.74) is -4.86. The molecule has 5 aliphatic rings. The molecule has 2 aromatic rings. The first-order chi connectivity index (χ1) is 17.9. The summed E-state index contributed by atoms with van der Waals surface area (Å²) in [6, 6.07) is 7.68. The molecule has 204 valence electrons. The van der Waals surface area contributed by atoms with Crippen LogP contribution in [-0.2, 0) is 4.74 Å². The van der Waals surface area contributed by atoms with Gasteiger partial charge in [-0.3, -0.25) is 0 Å². The predicted molar refractivity (Wildman–Crippen MR) is 142 cm³/mol. The molecule has 7 rings (SSSR count). The molecular formula is C30H35ClF2N2O3. The maximum absolute atomic E-state index is 17.3. The summed E-state index contributed by atoms with van der Waals surface area (Å²) in [5, 5.41) is 24.3. The summed E-state index contributed by atoms with van der Waals surface area (Å²) in [6.45, 7) is 2.20. The lowest BCUT2D eigenvalue weighted by Gasteiger charge is -2.65. The zero-order chi connectivity index (χ0) is 26.9. The van der Waals surface area contributed by atoms with Crippen LogP contribution in [0, 0.1) is 11.3 Å². The Kier molecular flexibility index (Phi) is 5.17. The highest BCUT2D eigenvalue weighted by Gasteiger charge is 2.82. The van der Waals surface area contributed by atoms with Gasteiger partial charge in [-0.05, 0) is 86.7 Å². The molecule has 2 bridgehead atoms. The van der Waals surface area contributed by atoms with Crippen molar-refractivity contribution in [3.05, 3.63) is 47.3 Å². The van der Waals surface area contributed by atoms with E-state index in [4.69, 9.17) is 16.3 Å². The highest BCUT2D eigenvalue weighted by molar-refractivity contribution is 6.34. The summed E-state index contributed by atoms with van der Waals surface area (Å²) in [5.74, 6) is -0.158. The molecule has 9 unspecified atom stereocenters. The van der Waals surface area contributed by atoms with Crippen molar-refractivity contribution >= 4 is 27.9 Å². The Balaban J connectivity index is 1.29. The van der Waals surface area contributed by atoms with Crippen molar-refractivity contribution in [2.75, 3.05) is 14.1 Å². The number of halogens is 3. The first-order valence-corrected chi connectivity index (χ1v) is 14.1. The van der Waals surface area contributed by atoms with E-state index in [-0.39, 0.29) is 24.2 Å². The van der Waals surface area contributed by atoms with Gasteiger partial charge in [-0.15, -0.1) is 0 Å². The summed E-state index contributed by atoms with van der Waals surface area (Å²) < 4.78 is 41.0. The molecule has 1 aromatic heterocycles. The average Bonchev–Trinajstić information content (AvgIpc) is 3.42. The highest BCUT2D eigenvalue weighted by atomic mass is 35.5. The second-order valence-corrected chi connectivity index (χ2v) is 13.4. The van der Waals surface area contributed by atoms with Crippen molar-refractivity contribution < 1.29 is 23.7 Å². The minimum Gasteiger partial charge on any atom is -0.389 e. The molecule has 2 spiro atoms. The number of likely N-dealkylation sites (N-methyl/N-ethyl adjacent to an activating group) is 1. The van der Waals surface area contributed by atoms with E-state index in [0.29, 0.717) is 30.8 Å². The molecule has 2 saturated heterocycles. The van der Waals surface area contributed by atoms with Crippen molar-refractivity contribution in [3.63, 3.8) is 0 Å². The summed E-state index contributed by atoms with van der Waals surface area (Å²) in [4.78, 5) is 6.05. The fraction of sp³-hybridized carbons (Fsp3) is 0.633. The van der Waals surface area contributed by atoms with E-state index < -0.39 is 47.2 Å². The van der Waals surface area contributed by atoms with Gasteiger partial charge in [0, 0.05) is 30.0 Å². The molecule has 8 heteroatoms. The van der Waals surface area contributed by atoms with Gasteiger partial charge in [0.1, 0.15) is 28.1 Å². The lowest BCUT2D eigenvalue weighted by atomic mass is 9.51. The van der Waals surface area contributed by atoms with Crippen LogP contribution in [-0.4, -0.2) is 75.0 Å². The third-order valence-corrected chi connectivity index (χ3v) is 11.6. The van der Waals surface area contributed by atoms with Crippen molar-refractivity contribution in [1.82, 2.24) is 9.88 Å². The number of aliphatic hydroxyl groups is 2. The van der Waals surface area contributed by atoms with Crippen molar-refractivity contribution in [1.29, 1.82) is 0 Å². The zero-order valence-electron chi connectivity index (χ0n) is 22.1. The number of allylic oxidation sites excluding steroid dienone is 2. The van der Waals surface area contributed by atoms with E-state index in [2.05, 4.69) is 30.1 Å². The van der Waals surface area contributed by atoms with Crippen LogP contribution >= 0.6 is 11.6 Å². The zero-order valence-corrected chi connectivity index (χ0v) is 22.8. The molecule has 3 heterocycles. The number of alkyl halides is 2. The van der Waals surface area contributed by atoms with Crippen LogP contribution in [0.25, 0.3) is 16.3 Å². The van der Waals surface area contributed by atoms with Crippen LogP contribution in [0.2, 0.25) is 5.15 Å². The molecular weight excluding hydrogens is 510 g/mol. The lowest BCUT2D eigenvalue weighted by molar-refractivity contribution is -0.347. The smallest absolute Gasteiger partial charge is 0.171 e. The molecule has 5 nitrogen and oxygen atoms in total. The molecule has 0 radical (unpaired) electrons. The fourth-order valence-corrected chi connectivity index (χ4v) is 9.49. The second kappa shape index (κ2) is 7.76. The van der Waals surface area contributed by atoms with Gasteiger partial charge >= 0.3 is 0 Å². The van der Waals surface area contributed by atoms with Gasteiger partial charge in [-0.1, -0.05) is 36.7 Å². The second-order valence-electron chi connectivity index (χ2n) is 13.0. The van der Waals surface area contributed by atoms with Gasteiger partial charge in [0.25, 0.3) is 0 Å². The first kappa shape index (κ1) is 25.3. The quantitative estimate of drug-likeness (QED) is 0.505. The molecule has 4 fully saturated rings. The monoisotopic (exact) mass is 544 g/mol. The van der Waals surface area contributed by atoms with E-state index in [1.165, 1.54) is 0 Å². The molecule has 3 aliphatic carbocycles. The summed E-state index contributed by atoms with van der Waals surface area (Å²) >= 11 is 6.42. The Morgan fingerprint density at radius 2 is 1.89 bits per heavy atom. The molecule has 1 aromatic carbocycles. The number of fused-ring (bicyclic) bond motifs is 2. The van der Waals surface area contributed by atoms with Crippen LogP contribution in [0.4, 0.5) is 8.78 Å². The molecule has 2 N–H and O–H groups in total. The SMILES string of the molecule is CN(C)C1CC23CCC4(O2)C2CC=C(c5ccc6ccnc(Cl)c6c5)C2(C)CCC4(F)CC3(F)C(O)C1O. The highest BCUT2D eigenvalue weighted by Crippen LogP contribution is 2.74. The third kappa shape index (κ3) is 2.87. The Morgan fingerprint density at radius 1 is 1.11 bits per heavy atom. The number of pyridine rings is 1. The Labute approximate surface area is 226 Å². The van der Waals surface area contributed by atoms with Gasteiger partial charge in [-0.25, -0.2) is 13.8 Å². The van der Waals surface area contributed by atoms with Crippen LogP contribution in [0.5, 0.6) is 0 Å². The Hall–Kier alpha value is -1.64. The van der Waals surface area contributed by atoms with E-state index >= 15 is 8.78 Å². The molecule has 2 saturated carbocycles. The third-order valence-electron chi connectivity index (χ3n) is 11.3. The van der Waals surface area contributed by atoms with Crippen LogP contribution in [0.1, 0.15) is 57.4 Å². The maximum Gasteiger partial charge on any atom is 0.171 e. The average molecular weight is 545 g/mol. The molecule has 9 atom stereocenters. The van der Waals surface area contributed by atoms with Crippen molar-refractivity contribution in [2.24, 2.45) is 11.3 Å². The van der Waals surface area contributed by atoms with Gasteiger partial charge in [0.2, 0.25) is 0 Å².